The fourth-order valence-electron chi connectivity index (χ4n) is 4.16. The number of fused-ring (bicyclic) bond motifs is 1. The molecule has 0 saturated carbocycles. The maximum Gasteiger partial charge on any atom is 0.277 e. The lowest BCUT2D eigenvalue weighted by molar-refractivity contribution is 0.297. The lowest BCUT2D eigenvalue weighted by Gasteiger charge is -2.19. The predicted molar refractivity (Wildman–Crippen MR) is 140 cm³/mol. The minimum atomic E-state index is -4.72. The first-order chi connectivity index (χ1) is 22.5. The van der Waals surface area contributed by atoms with Crippen molar-refractivity contribution in [3.63, 3.8) is 0 Å². The summed E-state index contributed by atoms with van der Waals surface area (Å²) in [6, 6.07) is 2.29. The molecule has 1 atom stereocenters. The average Bonchev–Trinajstić information content (AvgIpc) is 3.47. The SMILES string of the molecule is [2H]C([2H])(CC1CCCN1C)NS(=O)(=O)c1ccc(OC([2H])([2H])C([2H])([2H])C([2H])([2H])[2H])c(-c2nc3c(CC([2H])([2H])C([2H])([2H])[2H])nn(C)c3c(=O)[nH]2)c1. The molecule has 1 saturated heterocycles. The van der Waals surface area contributed by atoms with Crippen molar-refractivity contribution in [2.75, 3.05) is 26.6 Å². The molecule has 1 fully saturated rings. The Hall–Kier alpha value is -2.76. The van der Waals surface area contributed by atoms with E-state index in [4.69, 9.17) is 23.9 Å². The number of benzene rings is 1. The Morgan fingerprint density at radius 1 is 1.31 bits per heavy atom. The van der Waals surface area contributed by atoms with Gasteiger partial charge in [-0.25, -0.2) is 18.1 Å². The second-order valence-electron chi connectivity index (χ2n) is 8.29. The van der Waals surface area contributed by atoms with Gasteiger partial charge in [-0.2, -0.15) is 5.10 Å². The number of sulfonamides is 1. The Bertz CT molecular complexity index is 1920. The third kappa shape index (κ3) is 5.47. The van der Waals surface area contributed by atoms with Crippen molar-refractivity contribution in [2.45, 2.75) is 63.1 Å². The topological polar surface area (TPSA) is 122 Å². The summed E-state index contributed by atoms with van der Waals surface area (Å²) in [6.07, 6.45) is -6.06. The number of aryl methyl sites for hydroxylation is 2. The van der Waals surface area contributed by atoms with Crippen LogP contribution < -0.4 is 15.0 Å². The Morgan fingerprint density at radius 2 is 2.14 bits per heavy atom. The number of nitrogens with one attached hydrogen (secondary N) is 2. The first kappa shape index (κ1) is 13.7. The van der Waals surface area contributed by atoms with Gasteiger partial charge in [0.15, 0.2) is 5.52 Å². The van der Waals surface area contributed by atoms with Gasteiger partial charge in [0, 0.05) is 36.0 Å². The van der Waals surface area contributed by atoms with Crippen LogP contribution in [0.25, 0.3) is 22.4 Å². The van der Waals surface area contributed by atoms with E-state index in [9.17, 15) is 13.2 Å². The zero-order valence-electron chi connectivity index (χ0n) is 33.7. The van der Waals surface area contributed by atoms with Crippen LogP contribution in [0.2, 0.25) is 0 Å². The van der Waals surface area contributed by atoms with Gasteiger partial charge >= 0.3 is 0 Å². The van der Waals surface area contributed by atoms with E-state index in [1.165, 1.54) is 7.05 Å². The van der Waals surface area contributed by atoms with Crippen molar-refractivity contribution in [1.29, 1.82) is 0 Å². The van der Waals surface area contributed by atoms with Crippen LogP contribution in [0.3, 0.4) is 0 Å². The monoisotopic (exact) mass is 530 g/mol. The standard InChI is InChI=1S/C25H36N6O4S/c1-5-8-20-22-23(31(4)29-20)25(32)28-24(27-22)19-16-18(10-11-21(19)35-15-6-2)36(33,34)26-13-12-17-9-7-14-30(17)3/h10-11,16-17,26H,5-9,12-15H2,1-4H3,(H,27,28,32)/i1D3,2D3,5D2,6D2,13D2,15D2. The molecule has 3 aromatic rings. The number of aromatic nitrogens is 4. The van der Waals surface area contributed by atoms with Crippen molar-refractivity contribution in [2.24, 2.45) is 7.05 Å². The van der Waals surface area contributed by atoms with E-state index in [1.807, 2.05) is 9.62 Å². The molecule has 196 valence electrons. The molecule has 0 aliphatic carbocycles. The normalized spacial score (nSPS) is 24.8. The van der Waals surface area contributed by atoms with Crippen molar-refractivity contribution < 1.29 is 32.3 Å². The maximum absolute atomic E-state index is 13.5. The molecule has 1 aliphatic heterocycles. The summed E-state index contributed by atoms with van der Waals surface area (Å²) in [6.45, 7) is -12.0. The smallest absolute Gasteiger partial charge is 0.277 e. The summed E-state index contributed by atoms with van der Waals surface area (Å²) in [5.74, 6) is -1.25. The summed E-state index contributed by atoms with van der Waals surface area (Å²) < 4.78 is 146. The Morgan fingerprint density at radius 3 is 2.89 bits per heavy atom. The Kier molecular flexibility index (Phi) is 4.22. The Balaban J connectivity index is 1.90. The fraction of sp³-hybridized carbons (Fsp3) is 0.560. The molecule has 2 N–H and O–H groups in total. The van der Waals surface area contributed by atoms with Gasteiger partial charge in [0.2, 0.25) is 10.0 Å². The van der Waals surface area contributed by atoms with Crippen LogP contribution in [-0.2, 0) is 23.5 Å². The lowest BCUT2D eigenvalue weighted by atomic mass is 10.1. The molecule has 4 rings (SSSR count). The third-order valence-corrected chi connectivity index (χ3v) is 7.25. The van der Waals surface area contributed by atoms with E-state index in [1.54, 1.807) is 7.05 Å². The van der Waals surface area contributed by atoms with E-state index in [-0.39, 0.29) is 29.2 Å². The van der Waals surface area contributed by atoms with Gasteiger partial charge in [-0.05, 0) is 63.8 Å². The van der Waals surface area contributed by atoms with Gasteiger partial charge in [-0.3, -0.25) is 9.48 Å². The molecule has 10 nitrogen and oxygen atoms in total. The second kappa shape index (κ2) is 11.1. The van der Waals surface area contributed by atoms with E-state index in [0.29, 0.717) is 13.0 Å². The molecule has 0 bridgehead atoms. The van der Waals surface area contributed by atoms with E-state index < -0.39 is 83.5 Å². The fourth-order valence-corrected chi connectivity index (χ4v) is 5.07. The maximum atomic E-state index is 13.5. The van der Waals surface area contributed by atoms with Gasteiger partial charge < -0.3 is 14.6 Å². The summed E-state index contributed by atoms with van der Waals surface area (Å²) in [4.78, 5) is 21.2. The predicted octanol–water partition coefficient (Wildman–Crippen LogP) is 2.83. The van der Waals surface area contributed by atoms with E-state index in [0.717, 1.165) is 29.3 Å². The first-order valence-electron chi connectivity index (χ1n) is 18.0. The van der Waals surface area contributed by atoms with E-state index in [2.05, 4.69) is 15.1 Å². The number of ether oxygens (including phenoxy) is 1. The number of rotatable bonds is 11. The molecule has 0 radical (unpaired) electrons. The quantitative estimate of drug-likeness (QED) is 0.391. The zero-order valence-corrected chi connectivity index (χ0v) is 20.5. The largest absolute Gasteiger partial charge is 0.493 e. The second-order valence-corrected chi connectivity index (χ2v) is 9.97. The number of hydrogen-bond donors (Lipinski definition) is 2. The van der Waals surface area contributed by atoms with Gasteiger partial charge in [-0.1, -0.05) is 20.1 Å². The number of H-pyrrole nitrogens is 1. The first-order valence-corrected chi connectivity index (χ1v) is 12.5. The highest BCUT2D eigenvalue weighted by molar-refractivity contribution is 7.89. The van der Waals surface area contributed by atoms with Crippen LogP contribution in [0, 0.1) is 0 Å². The van der Waals surface area contributed by atoms with Crippen LogP contribution >= 0.6 is 0 Å². The summed E-state index contributed by atoms with van der Waals surface area (Å²) >= 11 is 0. The molecule has 1 aromatic carbocycles. The zero-order chi connectivity index (χ0) is 38.0. The molecule has 1 aliphatic rings. The highest BCUT2D eigenvalue weighted by atomic mass is 32.2. The summed E-state index contributed by atoms with van der Waals surface area (Å²) in [7, 11) is -1.63. The molecule has 2 aromatic heterocycles. The molecule has 3 heterocycles. The molecule has 0 amide bonds. The molecule has 0 spiro atoms. The number of hydrogen-bond acceptors (Lipinski definition) is 7. The third-order valence-electron chi connectivity index (χ3n) is 5.96. The highest BCUT2D eigenvalue weighted by Gasteiger charge is 2.23. The molecule has 36 heavy (non-hydrogen) atoms. The highest BCUT2D eigenvalue weighted by Crippen LogP contribution is 2.31. The molecule has 11 heteroatoms. The van der Waals surface area contributed by atoms with Crippen molar-refractivity contribution in [3.05, 3.63) is 34.2 Å². The van der Waals surface area contributed by atoms with Gasteiger partial charge in [0.05, 0.1) is 25.5 Å². The van der Waals surface area contributed by atoms with Crippen molar-refractivity contribution >= 4 is 21.1 Å². The summed E-state index contributed by atoms with van der Waals surface area (Å²) in [5.41, 5.74) is -2.28. The number of aromatic amines is 1. The molecule has 1 unspecified atom stereocenters. The number of nitrogens with zero attached hydrogens (tertiary/aromatic N) is 4. The Labute approximate surface area is 231 Å². The molecular weight excluding hydrogens is 480 g/mol. The van der Waals surface area contributed by atoms with Gasteiger partial charge in [0.25, 0.3) is 5.56 Å². The van der Waals surface area contributed by atoms with Crippen LogP contribution in [-0.4, -0.2) is 65.8 Å². The van der Waals surface area contributed by atoms with Gasteiger partial charge in [0.1, 0.15) is 17.1 Å². The molecular formula is C25H36N6O4S. The van der Waals surface area contributed by atoms with Crippen molar-refractivity contribution in [3.8, 4) is 17.1 Å². The van der Waals surface area contributed by atoms with Crippen LogP contribution in [0.1, 0.15) is 70.6 Å². The average molecular weight is 531 g/mol. The number of likely N-dealkylation sites (tertiary alicyclic amines) is 1. The van der Waals surface area contributed by atoms with Gasteiger partial charge in [-0.15, -0.1) is 0 Å². The lowest BCUT2D eigenvalue weighted by Crippen LogP contribution is -2.31. The summed E-state index contributed by atoms with van der Waals surface area (Å²) in [5, 5.41) is 4.06. The minimum Gasteiger partial charge on any atom is -0.493 e. The van der Waals surface area contributed by atoms with E-state index >= 15 is 0 Å². The van der Waals surface area contributed by atoms with Crippen LogP contribution in [0.5, 0.6) is 5.75 Å². The van der Waals surface area contributed by atoms with Crippen LogP contribution in [0.15, 0.2) is 27.9 Å². The van der Waals surface area contributed by atoms with Crippen molar-refractivity contribution in [1.82, 2.24) is 29.4 Å². The van der Waals surface area contributed by atoms with Crippen LogP contribution in [0.4, 0.5) is 0 Å². The minimum absolute atomic E-state index is 0.194.